The summed E-state index contributed by atoms with van der Waals surface area (Å²) in [6.45, 7) is 0. The number of rotatable bonds is 5. The predicted octanol–water partition coefficient (Wildman–Crippen LogP) is 4.75. The van der Waals surface area contributed by atoms with Gasteiger partial charge in [-0.2, -0.15) is 5.26 Å². The molecule has 0 saturated heterocycles. The zero-order valence-corrected chi connectivity index (χ0v) is 11.6. The first-order chi connectivity index (χ1) is 10.4. The van der Waals surface area contributed by atoms with Gasteiger partial charge in [-0.15, -0.1) is 0 Å². The van der Waals surface area contributed by atoms with Crippen LogP contribution in [0.2, 0.25) is 0 Å². The minimum Gasteiger partial charge on any atom is -0.362 e. The molecule has 0 bridgehead atoms. The van der Waals surface area contributed by atoms with E-state index in [1.54, 1.807) is 0 Å². The second-order valence-corrected chi connectivity index (χ2v) is 4.35. The first-order valence-corrected chi connectivity index (χ1v) is 6.70. The molecule has 0 aromatic heterocycles. The Morgan fingerprint density at radius 2 is 1.52 bits per heavy atom. The van der Waals surface area contributed by atoms with Crippen molar-refractivity contribution in [1.82, 2.24) is 0 Å². The van der Waals surface area contributed by atoms with Crippen molar-refractivity contribution in [3.63, 3.8) is 0 Å². The average Bonchev–Trinajstić information content (AvgIpc) is 2.55. The normalized spacial score (nSPS) is 11.2. The Labute approximate surface area is 125 Å². The van der Waals surface area contributed by atoms with E-state index >= 15 is 0 Å². The molecule has 0 atom stereocenters. The zero-order chi connectivity index (χ0) is 14.8. The first kappa shape index (κ1) is 14.4. The van der Waals surface area contributed by atoms with Crippen LogP contribution in [0.15, 0.2) is 85.1 Å². The van der Waals surface area contributed by atoms with Crippen LogP contribution in [-0.2, 0) is 0 Å². The molecule has 0 aliphatic rings. The molecule has 0 aliphatic heterocycles. The van der Waals surface area contributed by atoms with E-state index in [1.165, 1.54) is 0 Å². The molecule has 2 heteroatoms. The van der Waals surface area contributed by atoms with Crippen molar-refractivity contribution >= 4 is 11.8 Å². The van der Waals surface area contributed by atoms with Gasteiger partial charge in [0.2, 0.25) is 0 Å². The van der Waals surface area contributed by atoms with Crippen molar-refractivity contribution in [3.05, 3.63) is 96.2 Å². The number of nitrogens with one attached hydrogen (secondary N) is 1. The van der Waals surface area contributed by atoms with Crippen LogP contribution in [0.5, 0.6) is 0 Å². The van der Waals surface area contributed by atoms with E-state index in [2.05, 4.69) is 11.4 Å². The molecule has 2 aromatic carbocycles. The van der Waals surface area contributed by atoms with Gasteiger partial charge in [-0.05, 0) is 35.9 Å². The Balaban J connectivity index is 1.79. The van der Waals surface area contributed by atoms with Crippen LogP contribution in [0.4, 0.5) is 5.69 Å². The summed E-state index contributed by atoms with van der Waals surface area (Å²) in [7, 11) is 0. The van der Waals surface area contributed by atoms with Crippen molar-refractivity contribution in [2.45, 2.75) is 0 Å². The van der Waals surface area contributed by atoms with Crippen molar-refractivity contribution < 1.29 is 0 Å². The first-order valence-electron chi connectivity index (χ1n) is 6.70. The number of para-hydroxylation sites is 1. The molecule has 0 amide bonds. The van der Waals surface area contributed by atoms with Crippen LogP contribution < -0.4 is 5.32 Å². The summed E-state index contributed by atoms with van der Waals surface area (Å²) >= 11 is 0. The second-order valence-electron chi connectivity index (χ2n) is 4.35. The highest BCUT2D eigenvalue weighted by atomic mass is 14.8. The highest BCUT2D eigenvalue weighted by molar-refractivity contribution is 5.52. The third-order valence-corrected chi connectivity index (χ3v) is 2.78. The molecule has 0 fully saturated rings. The largest absolute Gasteiger partial charge is 0.362 e. The lowest BCUT2D eigenvalue weighted by Gasteiger charge is -1.97. The smallest absolute Gasteiger partial charge is 0.0991 e. The molecule has 1 N–H and O–H groups in total. The van der Waals surface area contributed by atoms with Gasteiger partial charge < -0.3 is 5.32 Å². The topological polar surface area (TPSA) is 35.8 Å². The van der Waals surface area contributed by atoms with Gasteiger partial charge in [-0.3, -0.25) is 0 Å². The fraction of sp³-hybridized carbons (Fsp3) is 0. The lowest BCUT2D eigenvalue weighted by atomic mass is 10.1. The number of anilines is 1. The number of nitriles is 1. The van der Waals surface area contributed by atoms with Crippen molar-refractivity contribution in [1.29, 1.82) is 5.26 Å². The predicted molar refractivity (Wildman–Crippen MR) is 88.5 cm³/mol. The molecule has 0 heterocycles. The highest BCUT2D eigenvalue weighted by Gasteiger charge is 1.88. The SMILES string of the molecule is N#Cc1ccc(\C=C/C=C\C=C\Nc2ccccc2)cc1. The van der Waals surface area contributed by atoms with E-state index in [1.807, 2.05) is 91.2 Å². The maximum atomic E-state index is 8.71. The molecule has 102 valence electrons. The lowest BCUT2D eigenvalue weighted by Crippen LogP contribution is -1.84. The van der Waals surface area contributed by atoms with Crippen molar-refractivity contribution in [3.8, 4) is 6.07 Å². The molecule has 2 aromatic rings. The summed E-state index contributed by atoms with van der Waals surface area (Å²) < 4.78 is 0. The van der Waals surface area contributed by atoms with Crippen LogP contribution >= 0.6 is 0 Å². The van der Waals surface area contributed by atoms with E-state index in [9.17, 15) is 0 Å². The van der Waals surface area contributed by atoms with Gasteiger partial charge in [-0.25, -0.2) is 0 Å². The Bertz CT molecular complexity index is 672. The lowest BCUT2D eigenvalue weighted by molar-refractivity contribution is 1.48. The summed E-state index contributed by atoms with van der Waals surface area (Å²) in [5.74, 6) is 0. The maximum Gasteiger partial charge on any atom is 0.0991 e. The van der Waals surface area contributed by atoms with E-state index in [0.717, 1.165) is 11.3 Å². The highest BCUT2D eigenvalue weighted by Crippen LogP contribution is 2.06. The van der Waals surface area contributed by atoms with E-state index in [-0.39, 0.29) is 0 Å². The van der Waals surface area contributed by atoms with Crippen LogP contribution in [0, 0.1) is 11.3 Å². The number of hydrogen-bond acceptors (Lipinski definition) is 2. The number of benzene rings is 2. The van der Waals surface area contributed by atoms with E-state index in [4.69, 9.17) is 5.26 Å². The van der Waals surface area contributed by atoms with Gasteiger partial charge in [-0.1, -0.05) is 54.6 Å². The Kier molecular flexibility index (Phi) is 5.60. The van der Waals surface area contributed by atoms with Gasteiger partial charge in [0.25, 0.3) is 0 Å². The zero-order valence-electron chi connectivity index (χ0n) is 11.6. The van der Waals surface area contributed by atoms with Gasteiger partial charge in [0.1, 0.15) is 0 Å². The summed E-state index contributed by atoms with van der Waals surface area (Å²) in [6.07, 6.45) is 11.7. The summed E-state index contributed by atoms with van der Waals surface area (Å²) in [6, 6.07) is 19.6. The Morgan fingerprint density at radius 1 is 0.810 bits per heavy atom. The van der Waals surface area contributed by atoms with Gasteiger partial charge in [0.15, 0.2) is 0 Å². The summed E-state index contributed by atoms with van der Waals surface area (Å²) in [5.41, 5.74) is 2.82. The monoisotopic (exact) mass is 272 g/mol. The Morgan fingerprint density at radius 3 is 2.24 bits per heavy atom. The molecule has 2 rings (SSSR count). The minimum atomic E-state index is 0.678. The van der Waals surface area contributed by atoms with Crippen LogP contribution in [-0.4, -0.2) is 0 Å². The van der Waals surface area contributed by atoms with Crippen molar-refractivity contribution in [2.24, 2.45) is 0 Å². The molecule has 0 unspecified atom stereocenters. The van der Waals surface area contributed by atoms with Crippen molar-refractivity contribution in [2.75, 3.05) is 5.32 Å². The van der Waals surface area contributed by atoms with E-state index in [0.29, 0.717) is 5.56 Å². The number of hydrogen-bond donors (Lipinski definition) is 1. The van der Waals surface area contributed by atoms with Crippen LogP contribution in [0.25, 0.3) is 6.08 Å². The van der Waals surface area contributed by atoms with E-state index < -0.39 is 0 Å². The summed E-state index contributed by atoms with van der Waals surface area (Å²) in [5, 5.41) is 11.9. The molecule has 2 nitrogen and oxygen atoms in total. The van der Waals surface area contributed by atoms with Gasteiger partial charge in [0, 0.05) is 11.9 Å². The fourth-order valence-electron chi connectivity index (χ4n) is 1.70. The molecule has 0 radical (unpaired) electrons. The van der Waals surface area contributed by atoms with Crippen LogP contribution in [0.3, 0.4) is 0 Å². The molecular formula is C19H16N2. The van der Waals surface area contributed by atoms with Gasteiger partial charge in [0.05, 0.1) is 11.6 Å². The molecular weight excluding hydrogens is 256 g/mol. The van der Waals surface area contributed by atoms with Crippen LogP contribution in [0.1, 0.15) is 11.1 Å². The fourth-order valence-corrected chi connectivity index (χ4v) is 1.70. The third kappa shape index (κ3) is 5.22. The number of allylic oxidation sites excluding steroid dienone is 4. The molecule has 0 spiro atoms. The second kappa shape index (κ2) is 8.19. The maximum absolute atomic E-state index is 8.71. The molecule has 0 aliphatic carbocycles. The minimum absolute atomic E-state index is 0.678. The molecule has 0 saturated carbocycles. The average molecular weight is 272 g/mol. The third-order valence-electron chi connectivity index (χ3n) is 2.78. The quantitative estimate of drug-likeness (QED) is 0.797. The Hall–Kier alpha value is -3.05. The number of nitrogens with zero attached hydrogens (tertiary/aromatic N) is 1. The summed E-state index contributed by atoms with van der Waals surface area (Å²) in [4.78, 5) is 0. The standard InChI is InChI=1S/C19H16N2/c20-16-18-13-11-17(12-14-18)8-4-1-2-7-15-21-19-9-5-3-6-10-19/h1-15,21H/b2-1-,8-4-,15-7+. The van der Waals surface area contributed by atoms with Gasteiger partial charge >= 0.3 is 0 Å². The molecule has 21 heavy (non-hydrogen) atoms.